The van der Waals surface area contributed by atoms with Crippen molar-refractivity contribution in [3.05, 3.63) is 29.0 Å². The minimum Gasteiger partial charge on any atom is -0.397 e. The van der Waals surface area contributed by atoms with Gasteiger partial charge in [0, 0.05) is 5.56 Å². The van der Waals surface area contributed by atoms with Crippen LogP contribution in [-0.4, -0.2) is 0 Å². The van der Waals surface area contributed by atoms with E-state index in [9.17, 15) is 0 Å². The predicted molar refractivity (Wildman–Crippen MR) is 47.7 cm³/mol. The topological polar surface area (TPSA) is 52.0 Å². The number of benzene rings is 1. The van der Waals surface area contributed by atoms with E-state index in [0.29, 0.717) is 11.4 Å². The van der Waals surface area contributed by atoms with Gasteiger partial charge in [0.15, 0.2) is 0 Å². The lowest BCUT2D eigenvalue weighted by Crippen LogP contribution is -1.97. The molecule has 2 heteroatoms. The number of rotatable bonds is 0. The van der Waals surface area contributed by atoms with E-state index in [1.807, 2.05) is 24.3 Å². The third-order valence-electron chi connectivity index (χ3n) is 1.82. The zero-order valence-electron chi connectivity index (χ0n) is 5.96. The van der Waals surface area contributed by atoms with Gasteiger partial charge in [0.25, 0.3) is 0 Å². The molecule has 1 aliphatic carbocycles. The van der Waals surface area contributed by atoms with Gasteiger partial charge in [-0.1, -0.05) is 6.07 Å². The van der Waals surface area contributed by atoms with Crippen LogP contribution in [0.15, 0.2) is 17.9 Å². The Morgan fingerprint density at radius 3 is 2.73 bits per heavy atom. The van der Waals surface area contributed by atoms with Crippen LogP contribution in [0.1, 0.15) is 11.1 Å². The van der Waals surface area contributed by atoms with Crippen molar-refractivity contribution < 1.29 is 0 Å². The Morgan fingerprint density at radius 2 is 1.91 bits per heavy atom. The van der Waals surface area contributed by atoms with Crippen LogP contribution in [-0.2, 0) is 0 Å². The van der Waals surface area contributed by atoms with Crippen LogP contribution in [0.5, 0.6) is 0 Å². The summed E-state index contributed by atoms with van der Waals surface area (Å²) in [7, 11) is 0. The Morgan fingerprint density at radius 1 is 1.09 bits per heavy atom. The molecule has 4 N–H and O–H groups in total. The summed E-state index contributed by atoms with van der Waals surface area (Å²) in [6, 6.07) is 3.75. The van der Waals surface area contributed by atoms with Crippen LogP contribution in [0.2, 0.25) is 0 Å². The van der Waals surface area contributed by atoms with Gasteiger partial charge in [0.05, 0.1) is 11.4 Å². The molecule has 0 heterocycles. The van der Waals surface area contributed by atoms with Gasteiger partial charge in [-0.25, -0.2) is 0 Å². The van der Waals surface area contributed by atoms with Crippen LogP contribution < -0.4 is 11.5 Å². The molecule has 0 saturated heterocycles. The van der Waals surface area contributed by atoms with E-state index in [1.54, 1.807) is 0 Å². The molecular formula is C9H8N2. The van der Waals surface area contributed by atoms with Crippen LogP contribution in [0.4, 0.5) is 11.4 Å². The van der Waals surface area contributed by atoms with E-state index in [2.05, 4.69) is 5.73 Å². The van der Waals surface area contributed by atoms with Gasteiger partial charge in [-0.05, 0) is 23.8 Å². The molecule has 0 bridgehead atoms. The Hall–Kier alpha value is -1.66. The van der Waals surface area contributed by atoms with Gasteiger partial charge in [-0.3, -0.25) is 0 Å². The van der Waals surface area contributed by atoms with Crippen LogP contribution in [0.3, 0.4) is 0 Å². The summed E-state index contributed by atoms with van der Waals surface area (Å²) in [5.41, 5.74) is 17.7. The zero-order chi connectivity index (χ0) is 7.84. The summed E-state index contributed by atoms with van der Waals surface area (Å²) in [5.74, 6) is 0. The summed E-state index contributed by atoms with van der Waals surface area (Å²) in [6.07, 6.45) is 3.74. The first-order valence-corrected chi connectivity index (χ1v) is 3.39. The molecule has 2 nitrogen and oxygen atoms in total. The average Bonchev–Trinajstić information content (AvgIpc) is 2.45. The Bertz CT molecular complexity index is 371. The second kappa shape index (κ2) is 1.91. The third kappa shape index (κ3) is 0.736. The first-order chi connectivity index (χ1) is 5.29. The highest BCUT2D eigenvalue weighted by Crippen LogP contribution is 2.28. The fourth-order valence-electron chi connectivity index (χ4n) is 1.17. The summed E-state index contributed by atoms with van der Waals surface area (Å²) in [4.78, 5) is 0. The molecule has 0 unspecified atom stereocenters. The van der Waals surface area contributed by atoms with Gasteiger partial charge in [-0.2, -0.15) is 0 Å². The molecule has 1 aromatic carbocycles. The largest absolute Gasteiger partial charge is 0.397 e. The van der Waals surface area contributed by atoms with Gasteiger partial charge in [-0.15, -0.1) is 5.73 Å². The first kappa shape index (κ1) is 6.08. The van der Waals surface area contributed by atoms with E-state index in [1.165, 1.54) is 0 Å². The minimum atomic E-state index is 0.636. The van der Waals surface area contributed by atoms with Gasteiger partial charge in [0.1, 0.15) is 0 Å². The highest BCUT2D eigenvalue weighted by atomic mass is 14.7. The summed E-state index contributed by atoms with van der Waals surface area (Å²) >= 11 is 0. The van der Waals surface area contributed by atoms with E-state index in [-0.39, 0.29) is 0 Å². The highest BCUT2D eigenvalue weighted by molar-refractivity contribution is 5.86. The molecule has 0 atom stereocenters. The maximum absolute atomic E-state index is 5.72. The molecule has 0 amide bonds. The number of nitrogen functional groups attached to an aromatic ring is 2. The van der Waals surface area contributed by atoms with Crippen LogP contribution in [0.25, 0.3) is 12.2 Å². The monoisotopic (exact) mass is 144 g/mol. The molecule has 11 heavy (non-hydrogen) atoms. The second-order valence-corrected chi connectivity index (χ2v) is 2.53. The minimum absolute atomic E-state index is 0.636. The Labute approximate surface area is 64.8 Å². The van der Waals surface area contributed by atoms with Crippen molar-refractivity contribution in [3.63, 3.8) is 0 Å². The van der Waals surface area contributed by atoms with E-state index in [0.717, 1.165) is 11.1 Å². The maximum Gasteiger partial charge on any atom is 0.0633 e. The molecule has 54 valence electrons. The van der Waals surface area contributed by atoms with Gasteiger partial charge < -0.3 is 11.5 Å². The Balaban J connectivity index is 2.75. The summed E-state index contributed by atoms with van der Waals surface area (Å²) < 4.78 is 0. The van der Waals surface area contributed by atoms with Crippen molar-refractivity contribution in [2.75, 3.05) is 11.5 Å². The highest BCUT2D eigenvalue weighted by Gasteiger charge is 2.06. The number of anilines is 2. The van der Waals surface area contributed by atoms with Gasteiger partial charge in [0.2, 0.25) is 0 Å². The predicted octanol–water partition coefficient (Wildman–Crippen LogP) is 1.49. The van der Waals surface area contributed by atoms with E-state index < -0.39 is 0 Å². The first-order valence-electron chi connectivity index (χ1n) is 3.39. The third-order valence-corrected chi connectivity index (χ3v) is 1.82. The van der Waals surface area contributed by atoms with Crippen molar-refractivity contribution in [1.82, 2.24) is 0 Å². The number of fused-ring (bicyclic) bond motifs is 1. The number of hydrogen-bond donors (Lipinski definition) is 2. The molecule has 1 aromatic rings. The summed E-state index contributed by atoms with van der Waals surface area (Å²) in [5, 5.41) is 0. The lowest BCUT2D eigenvalue weighted by molar-refractivity contribution is 1.61. The van der Waals surface area contributed by atoms with E-state index in [4.69, 9.17) is 11.5 Å². The molecule has 0 aliphatic heterocycles. The normalized spacial score (nSPS) is 12.0. The Kier molecular flexibility index (Phi) is 1.05. The van der Waals surface area contributed by atoms with Crippen LogP contribution in [0, 0.1) is 0 Å². The molecule has 0 fully saturated rings. The smallest absolute Gasteiger partial charge is 0.0633 e. The lowest BCUT2D eigenvalue weighted by Gasteiger charge is -2.04. The molecule has 2 rings (SSSR count). The zero-order valence-corrected chi connectivity index (χ0v) is 5.96. The molecule has 1 aliphatic rings. The van der Waals surface area contributed by atoms with Crippen molar-refractivity contribution in [3.8, 4) is 0 Å². The van der Waals surface area contributed by atoms with Crippen LogP contribution >= 0.6 is 0 Å². The molecule has 0 spiro atoms. The van der Waals surface area contributed by atoms with Crippen molar-refractivity contribution in [2.24, 2.45) is 0 Å². The molecule has 0 radical (unpaired) electrons. The van der Waals surface area contributed by atoms with Crippen molar-refractivity contribution >= 4 is 23.5 Å². The van der Waals surface area contributed by atoms with Gasteiger partial charge >= 0.3 is 0 Å². The number of nitrogens with two attached hydrogens (primary N) is 2. The average molecular weight is 144 g/mol. The fraction of sp³-hybridized carbons (Fsp3) is 0. The lowest BCUT2D eigenvalue weighted by atomic mass is 10.1. The van der Waals surface area contributed by atoms with Crippen molar-refractivity contribution in [2.45, 2.75) is 0 Å². The van der Waals surface area contributed by atoms with E-state index >= 15 is 0 Å². The second-order valence-electron chi connectivity index (χ2n) is 2.53. The quantitative estimate of drug-likeness (QED) is 0.434. The summed E-state index contributed by atoms with van der Waals surface area (Å²) in [6.45, 7) is 0. The molecular weight excluding hydrogens is 136 g/mol. The SMILES string of the molecule is Nc1ccc2c(c1N)C=C=C2. The maximum atomic E-state index is 5.72. The number of hydrogen-bond acceptors (Lipinski definition) is 2. The standard InChI is InChI=1S/C9H8N2/c10-8-5-4-6-2-1-3-7(6)9(8)11/h2-5H,10-11H2. The molecule has 0 aromatic heterocycles. The molecule has 0 saturated carbocycles. The fourth-order valence-corrected chi connectivity index (χ4v) is 1.17. The van der Waals surface area contributed by atoms with Crippen molar-refractivity contribution in [1.29, 1.82) is 0 Å².